The van der Waals surface area contributed by atoms with Gasteiger partial charge in [0.15, 0.2) is 0 Å². The number of pyridine rings is 2. The van der Waals surface area contributed by atoms with Crippen LogP contribution in [-0.2, 0) is 42.7 Å². The number of hydrogen-bond acceptors (Lipinski definition) is 5. The molecule has 342 valence electrons. The van der Waals surface area contributed by atoms with E-state index in [0.29, 0.717) is 11.5 Å². The summed E-state index contributed by atoms with van der Waals surface area (Å²) in [7, 11) is 0. The molecule has 0 spiro atoms. The molecule has 0 aliphatic carbocycles. The van der Waals surface area contributed by atoms with Gasteiger partial charge >= 0.3 is 0 Å². The maximum absolute atomic E-state index is 6.66. The quantitative estimate of drug-likeness (QED) is 0.155. The fraction of sp³-hybridized carbons (Fsp3) is 0.305. The van der Waals surface area contributed by atoms with Crippen molar-refractivity contribution in [2.45, 2.75) is 119 Å². The standard InChI is InChI=1S/C59H62N5O.Pt/c1-37-29-41(57(6,7)8)30-38(2)53(37)39-31-47(58(9,10)11)54(48(32-39)59(12,13)14)63-36-62(55-50(63)23-18-27-61-55)42-19-17-20-43(34-42)65-44-24-25-46-45-21-15-16-22-49(45)64(51(46)35-44)52-33-40(26-28-60-52)56(3,4)5;/h15-33,36H,1-14H3;/q-3;. The predicted molar refractivity (Wildman–Crippen MR) is 272 cm³/mol. The molecule has 0 fully saturated rings. The third-order valence-corrected chi connectivity index (χ3v) is 12.8. The molecule has 7 heteroatoms. The number of nitrogens with zero attached hydrogens (tertiary/aromatic N) is 5. The maximum Gasteiger partial charge on any atom is 0.135 e. The molecule has 0 amide bonds. The molecule has 5 aromatic carbocycles. The zero-order valence-corrected chi connectivity index (χ0v) is 43.3. The van der Waals surface area contributed by atoms with Crippen molar-refractivity contribution in [3.05, 3.63) is 168 Å². The Morgan fingerprint density at radius 3 is 1.86 bits per heavy atom. The third-order valence-electron chi connectivity index (χ3n) is 12.8. The first kappa shape index (κ1) is 46.8. The van der Waals surface area contributed by atoms with Gasteiger partial charge in [-0.2, -0.15) is 12.1 Å². The zero-order valence-electron chi connectivity index (χ0n) is 41.0. The molecule has 66 heavy (non-hydrogen) atoms. The Labute approximate surface area is 407 Å². The van der Waals surface area contributed by atoms with Crippen molar-refractivity contribution >= 4 is 44.7 Å². The Hall–Kier alpha value is -5.71. The van der Waals surface area contributed by atoms with Gasteiger partial charge in [-0.1, -0.05) is 125 Å². The van der Waals surface area contributed by atoms with Crippen LogP contribution in [-0.4, -0.2) is 14.5 Å². The minimum absolute atomic E-state index is 0. The molecule has 1 aliphatic rings. The second-order valence-corrected chi connectivity index (χ2v) is 21.9. The summed E-state index contributed by atoms with van der Waals surface area (Å²) in [6.45, 7) is 34.2. The van der Waals surface area contributed by atoms with Crippen molar-refractivity contribution in [1.29, 1.82) is 0 Å². The van der Waals surface area contributed by atoms with E-state index in [-0.39, 0.29) is 42.7 Å². The molecular formula is C59H62N5OPt-3. The van der Waals surface area contributed by atoms with Gasteiger partial charge in [-0.25, -0.2) is 9.97 Å². The van der Waals surface area contributed by atoms with Crippen LogP contribution in [0.25, 0.3) is 38.8 Å². The molecule has 0 unspecified atom stereocenters. The number of anilines is 4. The first-order valence-electron chi connectivity index (χ1n) is 22.9. The van der Waals surface area contributed by atoms with Crippen LogP contribution in [0.1, 0.15) is 116 Å². The Balaban J connectivity index is 0.00000592. The van der Waals surface area contributed by atoms with Gasteiger partial charge in [0.1, 0.15) is 11.6 Å². The number of aromatic nitrogens is 3. The maximum atomic E-state index is 6.66. The van der Waals surface area contributed by atoms with E-state index in [1.165, 1.54) is 50.2 Å². The van der Waals surface area contributed by atoms with E-state index < -0.39 is 0 Å². The summed E-state index contributed by atoms with van der Waals surface area (Å²) in [5.74, 6) is 2.85. The van der Waals surface area contributed by atoms with Crippen LogP contribution in [0.2, 0.25) is 0 Å². The van der Waals surface area contributed by atoms with Gasteiger partial charge in [-0.3, -0.25) is 0 Å². The fourth-order valence-electron chi connectivity index (χ4n) is 9.32. The van der Waals surface area contributed by atoms with Gasteiger partial charge in [0.2, 0.25) is 0 Å². The minimum Gasteiger partial charge on any atom is -0.509 e. The third kappa shape index (κ3) is 8.58. The Bertz CT molecular complexity index is 3080. The first-order chi connectivity index (χ1) is 30.6. The number of para-hydroxylation sites is 1. The molecule has 1 aliphatic heterocycles. The van der Waals surface area contributed by atoms with Crippen LogP contribution in [0.4, 0.5) is 22.9 Å². The van der Waals surface area contributed by atoms with E-state index >= 15 is 0 Å². The van der Waals surface area contributed by atoms with Crippen LogP contribution in [0.15, 0.2) is 116 Å². The summed E-state index contributed by atoms with van der Waals surface area (Å²) in [5, 5.41) is 2.23. The van der Waals surface area contributed by atoms with Gasteiger partial charge in [0.25, 0.3) is 0 Å². The van der Waals surface area contributed by atoms with Crippen LogP contribution in [0.3, 0.4) is 0 Å². The SMILES string of the molecule is Cc1cc(C(C)(C)C)cc(C)c1-c1cc(C(C)(C)C)c(N2[CH-]N(c3[c-]c(Oc4[c-]c5c(cc4)c4ccccc4n5-c4cc(C(C)(C)C)ccn4)ccc3)c3ncccc32)c(C(C)(C)C)c1.[Pt]. The number of rotatable bonds is 6. The molecule has 0 bridgehead atoms. The van der Waals surface area contributed by atoms with Crippen molar-refractivity contribution in [2.75, 3.05) is 9.80 Å². The fourth-order valence-corrected chi connectivity index (χ4v) is 9.32. The summed E-state index contributed by atoms with van der Waals surface area (Å²) in [6.07, 6.45) is 3.77. The van der Waals surface area contributed by atoms with Crippen molar-refractivity contribution in [3.8, 4) is 28.4 Å². The van der Waals surface area contributed by atoms with E-state index in [1.807, 2.05) is 36.7 Å². The van der Waals surface area contributed by atoms with E-state index in [2.05, 4.69) is 209 Å². The van der Waals surface area contributed by atoms with Gasteiger partial charge in [0, 0.05) is 56.2 Å². The van der Waals surface area contributed by atoms with Gasteiger partial charge in [-0.15, -0.1) is 42.4 Å². The normalized spacial score (nSPS) is 13.4. The summed E-state index contributed by atoms with van der Waals surface area (Å²) in [6, 6.07) is 44.0. The summed E-state index contributed by atoms with van der Waals surface area (Å²) in [5.41, 5.74) is 15.0. The van der Waals surface area contributed by atoms with Crippen molar-refractivity contribution in [1.82, 2.24) is 14.5 Å². The molecule has 0 saturated carbocycles. The average Bonchev–Trinajstić information content (AvgIpc) is 3.78. The van der Waals surface area contributed by atoms with Crippen LogP contribution in [0.5, 0.6) is 11.5 Å². The molecule has 0 radical (unpaired) electrons. The van der Waals surface area contributed by atoms with E-state index in [1.54, 1.807) is 0 Å². The molecule has 8 aromatic rings. The van der Waals surface area contributed by atoms with Gasteiger partial charge < -0.3 is 19.1 Å². The zero-order chi connectivity index (χ0) is 46.4. The Kier molecular flexibility index (Phi) is 12.0. The molecule has 3 aromatic heterocycles. The van der Waals surface area contributed by atoms with Crippen LogP contribution >= 0.6 is 0 Å². The molecule has 4 heterocycles. The number of ether oxygens (including phenoxy) is 1. The van der Waals surface area contributed by atoms with Gasteiger partial charge in [0.05, 0.1) is 5.69 Å². The summed E-state index contributed by atoms with van der Waals surface area (Å²) < 4.78 is 8.85. The minimum atomic E-state index is -0.184. The van der Waals surface area contributed by atoms with Gasteiger partial charge in [-0.05, 0) is 128 Å². The smallest absolute Gasteiger partial charge is 0.135 e. The number of hydrogen-bond donors (Lipinski definition) is 0. The van der Waals surface area contributed by atoms with E-state index in [4.69, 9.17) is 14.7 Å². The molecule has 0 atom stereocenters. The predicted octanol–water partition coefficient (Wildman–Crippen LogP) is 15.8. The van der Waals surface area contributed by atoms with E-state index in [9.17, 15) is 0 Å². The molecule has 9 rings (SSSR count). The summed E-state index contributed by atoms with van der Waals surface area (Å²) in [4.78, 5) is 14.3. The Morgan fingerprint density at radius 2 is 1.21 bits per heavy atom. The van der Waals surface area contributed by atoms with Crippen LogP contribution < -0.4 is 14.5 Å². The second-order valence-electron chi connectivity index (χ2n) is 21.9. The monoisotopic (exact) mass is 1050 g/mol. The largest absolute Gasteiger partial charge is 0.509 e. The molecular weight excluding hydrogens is 990 g/mol. The molecule has 0 N–H and O–H groups in total. The van der Waals surface area contributed by atoms with Crippen molar-refractivity contribution < 1.29 is 25.8 Å². The first-order valence-corrected chi connectivity index (χ1v) is 22.9. The number of aryl methyl sites for hydroxylation is 2. The van der Waals surface area contributed by atoms with Crippen molar-refractivity contribution in [3.63, 3.8) is 0 Å². The van der Waals surface area contributed by atoms with E-state index in [0.717, 1.165) is 44.8 Å². The average molecular weight is 1050 g/mol. The Morgan fingerprint density at radius 1 is 0.561 bits per heavy atom. The van der Waals surface area contributed by atoms with Crippen molar-refractivity contribution in [2.24, 2.45) is 0 Å². The topological polar surface area (TPSA) is 46.4 Å². The number of benzene rings is 5. The van der Waals surface area contributed by atoms with Crippen LogP contribution in [0, 0.1) is 32.6 Å². The molecule has 6 nitrogen and oxygen atoms in total. The molecule has 0 saturated heterocycles. The second kappa shape index (κ2) is 16.9. The summed E-state index contributed by atoms with van der Waals surface area (Å²) >= 11 is 0. The number of fused-ring (bicyclic) bond motifs is 4.